The van der Waals surface area contributed by atoms with Crippen LogP contribution in [0, 0.1) is 0 Å². The molecule has 2 aromatic rings. The first-order valence-electron chi connectivity index (χ1n) is 7.04. The van der Waals surface area contributed by atoms with Gasteiger partial charge < -0.3 is 10.0 Å². The van der Waals surface area contributed by atoms with Gasteiger partial charge in [-0.05, 0) is 54.7 Å². The second-order valence-corrected chi connectivity index (χ2v) is 6.14. The third-order valence-electron chi connectivity index (χ3n) is 3.85. The van der Waals surface area contributed by atoms with Gasteiger partial charge in [-0.1, -0.05) is 34.1 Å². The number of fused-ring (bicyclic) bond motifs is 1. The Morgan fingerprint density at radius 1 is 1.10 bits per heavy atom. The minimum Gasteiger partial charge on any atom is -0.508 e. The standard InChI is InChI=1S/C17H18BrNO/c18-16-9-8-15(20)11-14(16)12-19-10-4-3-6-13-5-1-2-7-17(13)19/h1-2,5,7-9,11,20H,3-4,6,10,12H2. The van der Waals surface area contributed by atoms with Gasteiger partial charge in [0.1, 0.15) is 5.75 Å². The van der Waals surface area contributed by atoms with E-state index >= 15 is 0 Å². The SMILES string of the molecule is Oc1ccc(Br)c(CN2CCCCc3ccccc32)c1. The van der Waals surface area contributed by atoms with Crippen LogP contribution in [0.15, 0.2) is 46.9 Å². The van der Waals surface area contributed by atoms with Crippen molar-refractivity contribution in [2.24, 2.45) is 0 Å². The van der Waals surface area contributed by atoms with Crippen LogP contribution in [0.4, 0.5) is 5.69 Å². The number of halogens is 1. The van der Waals surface area contributed by atoms with Gasteiger partial charge in [-0.3, -0.25) is 0 Å². The summed E-state index contributed by atoms with van der Waals surface area (Å²) in [6.45, 7) is 1.89. The van der Waals surface area contributed by atoms with E-state index in [1.54, 1.807) is 6.07 Å². The van der Waals surface area contributed by atoms with Crippen molar-refractivity contribution in [3.63, 3.8) is 0 Å². The Hall–Kier alpha value is -1.48. The number of rotatable bonds is 2. The lowest BCUT2D eigenvalue weighted by Gasteiger charge is -2.25. The van der Waals surface area contributed by atoms with Crippen LogP contribution >= 0.6 is 15.9 Å². The molecule has 0 atom stereocenters. The summed E-state index contributed by atoms with van der Waals surface area (Å²) in [5.41, 5.74) is 3.89. The Morgan fingerprint density at radius 3 is 2.85 bits per heavy atom. The number of para-hydroxylation sites is 1. The number of aromatic hydroxyl groups is 1. The summed E-state index contributed by atoms with van der Waals surface area (Å²) in [6.07, 6.45) is 3.62. The highest BCUT2D eigenvalue weighted by Gasteiger charge is 2.16. The van der Waals surface area contributed by atoms with Gasteiger partial charge in [-0.25, -0.2) is 0 Å². The average molecular weight is 332 g/mol. The van der Waals surface area contributed by atoms with Crippen molar-refractivity contribution in [3.8, 4) is 5.75 Å². The van der Waals surface area contributed by atoms with Crippen LogP contribution in [0.2, 0.25) is 0 Å². The lowest BCUT2D eigenvalue weighted by atomic mass is 10.1. The molecule has 0 amide bonds. The molecule has 1 aliphatic rings. The predicted molar refractivity (Wildman–Crippen MR) is 86.2 cm³/mol. The first-order valence-corrected chi connectivity index (χ1v) is 7.83. The summed E-state index contributed by atoms with van der Waals surface area (Å²) in [5.74, 6) is 0.325. The van der Waals surface area contributed by atoms with E-state index in [0.29, 0.717) is 5.75 Å². The molecule has 0 aromatic heterocycles. The van der Waals surface area contributed by atoms with E-state index in [2.05, 4.69) is 45.1 Å². The van der Waals surface area contributed by atoms with Gasteiger partial charge in [0.2, 0.25) is 0 Å². The lowest BCUT2D eigenvalue weighted by Crippen LogP contribution is -2.23. The highest BCUT2D eigenvalue weighted by Crippen LogP contribution is 2.30. The van der Waals surface area contributed by atoms with Gasteiger partial charge in [-0.2, -0.15) is 0 Å². The van der Waals surface area contributed by atoms with Crippen molar-refractivity contribution in [1.29, 1.82) is 0 Å². The maximum absolute atomic E-state index is 9.68. The molecule has 20 heavy (non-hydrogen) atoms. The minimum absolute atomic E-state index is 0.325. The van der Waals surface area contributed by atoms with E-state index in [9.17, 15) is 5.11 Å². The number of phenols is 1. The molecule has 1 N–H and O–H groups in total. The van der Waals surface area contributed by atoms with Crippen LogP contribution in [-0.4, -0.2) is 11.7 Å². The Morgan fingerprint density at radius 2 is 1.95 bits per heavy atom. The second-order valence-electron chi connectivity index (χ2n) is 5.28. The van der Waals surface area contributed by atoms with Gasteiger partial charge in [0.25, 0.3) is 0 Å². The summed E-state index contributed by atoms with van der Waals surface area (Å²) in [4.78, 5) is 2.42. The fraction of sp³-hybridized carbons (Fsp3) is 0.294. The van der Waals surface area contributed by atoms with Gasteiger partial charge in [-0.15, -0.1) is 0 Å². The summed E-state index contributed by atoms with van der Waals surface area (Å²) in [7, 11) is 0. The quantitative estimate of drug-likeness (QED) is 0.875. The van der Waals surface area contributed by atoms with E-state index in [0.717, 1.165) is 29.5 Å². The number of anilines is 1. The molecule has 104 valence electrons. The lowest BCUT2D eigenvalue weighted by molar-refractivity contribution is 0.474. The molecule has 0 saturated heterocycles. The Bertz CT molecular complexity index is 612. The molecule has 0 aliphatic carbocycles. The predicted octanol–water partition coefficient (Wildman–Crippen LogP) is 4.50. The number of nitrogens with zero attached hydrogens (tertiary/aromatic N) is 1. The highest BCUT2D eigenvalue weighted by molar-refractivity contribution is 9.10. The van der Waals surface area contributed by atoms with Crippen molar-refractivity contribution in [2.45, 2.75) is 25.8 Å². The third kappa shape index (κ3) is 2.83. The molecule has 2 nitrogen and oxygen atoms in total. The Labute approximate surface area is 128 Å². The van der Waals surface area contributed by atoms with Gasteiger partial charge in [0.05, 0.1) is 0 Å². The number of aryl methyl sites for hydroxylation is 1. The zero-order valence-electron chi connectivity index (χ0n) is 11.3. The number of hydrogen-bond donors (Lipinski definition) is 1. The summed E-state index contributed by atoms with van der Waals surface area (Å²) in [5, 5.41) is 9.68. The first kappa shape index (κ1) is 13.5. The molecule has 1 aliphatic heterocycles. The number of benzene rings is 2. The molecule has 0 radical (unpaired) electrons. The molecule has 0 fully saturated rings. The van der Waals surface area contributed by atoms with Crippen LogP contribution in [0.1, 0.15) is 24.0 Å². The molecule has 3 rings (SSSR count). The Balaban J connectivity index is 1.92. The second kappa shape index (κ2) is 5.88. The van der Waals surface area contributed by atoms with E-state index in [1.807, 2.05) is 12.1 Å². The monoisotopic (exact) mass is 331 g/mol. The molecular formula is C17H18BrNO. The largest absolute Gasteiger partial charge is 0.508 e. The minimum atomic E-state index is 0.325. The van der Waals surface area contributed by atoms with E-state index in [-0.39, 0.29) is 0 Å². The zero-order chi connectivity index (χ0) is 13.9. The smallest absolute Gasteiger partial charge is 0.115 e. The van der Waals surface area contributed by atoms with Gasteiger partial charge in [0, 0.05) is 23.2 Å². The fourth-order valence-corrected chi connectivity index (χ4v) is 3.19. The summed E-state index contributed by atoms with van der Waals surface area (Å²) < 4.78 is 1.05. The molecule has 0 unspecified atom stereocenters. The molecule has 3 heteroatoms. The highest BCUT2D eigenvalue weighted by atomic mass is 79.9. The fourth-order valence-electron chi connectivity index (χ4n) is 2.82. The van der Waals surface area contributed by atoms with Crippen LogP contribution in [0.5, 0.6) is 5.75 Å². The van der Waals surface area contributed by atoms with Gasteiger partial charge >= 0.3 is 0 Å². The van der Waals surface area contributed by atoms with Gasteiger partial charge in [0.15, 0.2) is 0 Å². The topological polar surface area (TPSA) is 23.5 Å². The van der Waals surface area contributed by atoms with Crippen LogP contribution in [0.25, 0.3) is 0 Å². The molecule has 0 bridgehead atoms. The van der Waals surface area contributed by atoms with E-state index in [4.69, 9.17) is 0 Å². The molecule has 1 heterocycles. The maximum atomic E-state index is 9.68. The van der Waals surface area contributed by atoms with Crippen LogP contribution < -0.4 is 4.90 Å². The average Bonchev–Trinajstić information content (AvgIpc) is 2.66. The maximum Gasteiger partial charge on any atom is 0.115 e. The molecule has 0 spiro atoms. The zero-order valence-corrected chi connectivity index (χ0v) is 12.9. The van der Waals surface area contributed by atoms with Crippen molar-refractivity contribution in [1.82, 2.24) is 0 Å². The van der Waals surface area contributed by atoms with E-state index in [1.165, 1.54) is 24.1 Å². The Kier molecular flexibility index (Phi) is 3.97. The molecule has 0 saturated carbocycles. The van der Waals surface area contributed by atoms with Crippen LogP contribution in [-0.2, 0) is 13.0 Å². The summed E-state index contributed by atoms with van der Waals surface area (Å²) in [6, 6.07) is 14.1. The number of phenolic OH excluding ortho intramolecular Hbond substituents is 1. The van der Waals surface area contributed by atoms with Crippen molar-refractivity contribution >= 4 is 21.6 Å². The van der Waals surface area contributed by atoms with Crippen LogP contribution in [0.3, 0.4) is 0 Å². The molecule has 2 aromatic carbocycles. The molecular weight excluding hydrogens is 314 g/mol. The normalized spacial score (nSPS) is 14.8. The van der Waals surface area contributed by atoms with Crippen molar-refractivity contribution in [2.75, 3.05) is 11.4 Å². The van der Waals surface area contributed by atoms with Crippen molar-refractivity contribution < 1.29 is 5.11 Å². The first-order chi connectivity index (χ1) is 9.74. The number of hydrogen-bond acceptors (Lipinski definition) is 2. The summed E-state index contributed by atoms with van der Waals surface area (Å²) >= 11 is 3.58. The van der Waals surface area contributed by atoms with E-state index < -0.39 is 0 Å². The third-order valence-corrected chi connectivity index (χ3v) is 4.62. The van der Waals surface area contributed by atoms with Crippen molar-refractivity contribution in [3.05, 3.63) is 58.1 Å².